The zero-order chi connectivity index (χ0) is 43.7. The SMILES string of the molecule is [2H]C([2H])([2H])[n+]1[c-]n(-c2cc(Oc3ccc4c5ccccc5n(-c5cc(C(C)(C)C)ccn5)c4c3)cc(B3N(c4ccccc4)c4ccccc4N3c3ccccc3)c2)c2ccccc21. The van der Waals surface area contributed by atoms with Crippen molar-refractivity contribution in [3.8, 4) is 23.0 Å². The second-order valence-corrected chi connectivity index (χ2v) is 16.6. The molecule has 10 aromatic rings. The first kappa shape index (κ1) is 33.3. The quantitative estimate of drug-likeness (QED) is 0.0916. The maximum Gasteiger partial charge on any atom is 0.420 e. The summed E-state index contributed by atoms with van der Waals surface area (Å²) in [6, 6.07) is 61.9. The topological polar surface area (TPSA) is 42.3 Å². The first-order chi connectivity index (χ1) is 31.0. The first-order valence-corrected chi connectivity index (χ1v) is 20.6. The van der Waals surface area contributed by atoms with Gasteiger partial charge in [-0.15, -0.1) is 0 Å². The molecule has 7 aromatic carbocycles. The molecule has 0 saturated carbocycles. The zero-order valence-corrected chi connectivity index (χ0v) is 34.1. The van der Waals surface area contributed by atoms with Gasteiger partial charge in [-0.3, -0.25) is 4.57 Å². The molecule has 0 amide bonds. The molecule has 0 spiro atoms. The number of imidazole rings is 1. The Bertz CT molecular complexity index is 3310. The van der Waals surface area contributed by atoms with Crippen LogP contribution in [0.3, 0.4) is 0 Å². The second kappa shape index (κ2) is 14.3. The van der Waals surface area contributed by atoms with E-state index < -0.39 is 6.98 Å². The Kier molecular flexibility index (Phi) is 7.81. The summed E-state index contributed by atoms with van der Waals surface area (Å²) in [6.45, 7) is 3.80. The Morgan fingerprint density at radius 2 is 1.23 bits per heavy atom. The fraction of sp³-hybridized carbons (Fsp3) is 0.0943. The molecule has 0 radical (unpaired) electrons. The largest absolute Gasteiger partial charge is 0.458 e. The Hall–Kier alpha value is -7.58. The van der Waals surface area contributed by atoms with Gasteiger partial charge in [0.05, 0.1) is 50.2 Å². The zero-order valence-electron chi connectivity index (χ0n) is 37.1. The lowest BCUT2D eigenvalue weighted by Gasteiger charge is -2.31. The van der Waals surface area contributed by atoms with Gasteiger partial charge in [0.1, 0.15) is 17.3 Å². The number of rotatable bonds is 7. The van der Waals surface area contributed by atoms with E-state index >= 15 is 0 Å². The molecule has 0 saturated heterocycles. The number of anilines is 4. The Balaban J connectivity index is 1.13. The van der Waals surface area contributed by atoms with Gasteiger partial charge >= 0.3 is 6.98 Å². The molecule has 0 unspecified atom stereocenters. The first-order valence-electron chi connectivity index (χ1n) is 22.1. The lowest BCUT2D eigenvalue weighted by Crippen LogP contribution is -2.53. The third-order valence-electron chi connectivity index (χ3n) is 11.7. The number of pyridine rings is 1. The van der Waals surface area contributed by atoms with Gasteiger partial charge in [0.15, 0.2) is 0 Å². The summed E-state index contributed by atoms with van der Waals surface area (Å²) in [7, 11) is 0. The minimum absolute atomic E-state index is 0.0639. The predicted octanol–water partition coefficient (Wildman–Crippen LogP) is 11.5. The number of benzene rings is 7. The molecule has 1 aliphatic heterocycles. The molecular weight excluding hydrogens is 747 g/mol. The smallest absolute Gasteiger partial charge is 0.420 e. The van der Waals surface area contributed by atoms with Crippen molar-refractivity contribution in [2.45, 2.75) is 26.2 Å². The number of para-hydroxylation sites is 7. The number of hydrogen-bond acceptors (Lipinski definition) is 4. The van der Waals surface area contributed by atoms with Gasteiger partial charge in [0.25, 0.3) is 0 Å². The van der Waals surface area contributed by atoms with E-state index in [0.29, 0.717) is 28.2 Å². The molecule has 61 heavy (non-hydrogen) atoms. The second-order valence-electron chi connectivity index (χ2n) is 16.6. The molecule has 4 heterocycles. The summed E-state index contributed by atoms with van der Waals surface area (Å²) >= 11 is 0. The summed E-state index contributed by atoms with van der Waals surface area (Å²) in [6.07, 6.45) is 5.10. The number of aryl methyl sites for hydroxylation is 1. The maximum atomic E-state index is 8.45. The fourth-order valence-corrected chi connectivity index (χ4v) is 8.88. The molecular formula is C53H43BN6O. The summed E-state index contributed by atoms with van der Waals surface area (Å²) in [5, 5.41) is 2.21. The van der Waals surface area contributed by atoms with E-state index in [1.807, 2.05) is 59.3 Å². The van der Waals surface area contributed by atoms with Crippen LogP contribution in [0, 0.1) is 6.33 Å². The van der Waals surface area contributed by atoms with Gasteiger partial charge in [0, 0.05) is 34.4 Å². The van der Waals surface area contributed by atoms with Crippen LogP contribution < -0.4 is 24.4 Å². The predicted molar refractivity (Wildman–Crippen MR) is 250 cm³/mol. The number of fused-ring (bicyclic) bond motifs is 5. The van der Waals surface area contributed by atoms with E-state index in [1.54, 1.807) is 0 Å². The highest BCUT2D eigenvalue weighted by Gasteiger charge is 2.43. The normalized spacial score (nSPS) is 13.8. The molecule has 8 heteroatoms. The van der Waals surface area contributed by atoms with Crippen LogP contribution in [-0.2, 0) is 12.4 Å². The summed E-state index contributed by atoms with van der Waals surface area (Å²) in [5.74, 6) is 2.05. The van der Waals surface area contributed by atoms with E-state index in [2.05, 4.69) is 175 Å². The van der Waals surface area contributed by atoms with E-state index in [0.717, 1.165) is 55.8 Å². The fourth-order valence-electron chi connectivity index (χ4n) is 8.88. The average Bonchev–Trinajstić information content (AvgIpc) is 3.98. The molecule has 0 fully saturated rings. The molecule has 11 rings (SSSR count). The average molecular weight is 794 g/mol. The van der Waals surface area contributed by atoms with Gasteiger partial charge in [-0.05, 0) is 95.3 Å². The van der Waals surface area contributed by atoms with Crippen LogP contribution in [-0.4, -0.2) is 21.1 Å². The van der Waals surface area contributed by atoms with Crippen LogP contribution in [0.1, 0.15) is 30.4 Å². The van der Waals surface area contributed by atoms with Crippen molar-refractivity contribution in [1.29, 1.82) is 0 Å². The molecule has 294 valence electrons. The van der Waals surface area contributed by atoms with Crippen LogP contribution in [0.4, 0.5) is 22.7 Å². The van der Waals surface area contributed by atoms with Crippen molar-refractivity contribution in [3.05, 3.63) is 200 Å². The molecule has 1 aliphatic rings. The molecule has 3 aromatic heterocycles. The minimum atomic E-state index is -2.46. The Morgan fingerprint density at radius 1 is 0.590 bits per heavy atom. The molecule has 0 bridgehead atoms. The number of hydrogen-bond donors (Lipinski definition) is 0. The van der Waals surface area contributed by atoms with Crippen molar-refractivity contribution in [3.63, 3.8) is 0 Å². The Labute approximate surface area is 360 Å². The molecule has 0 atom stereocenters. The number of nitrogens with zero attached hydrogens (tertiary/aromatic N) is 6. The molecule has 0 aliphatic carbocycles. The lowest BCUT2D eigenvalue weighted by molar-refractivity contribution is -0.649. The third-order valence-corrected chi connectivity index (χ3v) is 11.7. The maximum absolute atomic E-state index is 8.45. The summed E-state index contributed by atoms with van der Waals surface area (Å²) < 4.78 is 37.7. The lowest BCUT2D eigenvalue weighted by atomic mass is 9.64. The van der Waals surface area contributed by atoms with Gasteiger partial charge in [-0.2, -0.15) is 0 Å². The van der Waals surface area contributed by atoms with Crippen molar-refractivity contribution >= 4 is 68.0 Å². The summed E-state index contributed by atoms with van der Waals surface area (Å²) in [4.78, 5) is 9.61. The van der Waals surface area contributed by atoms with E-state index in [-0.39, 0.29) is 12.4 Å². The standard InChI is InChI=1S/C53H43BN6O/c1-53(2,3)37-29-30-55-52(31-37)58-46-22-12-11-21-44(46)45-28-27-42(35-51(45)58)61-43-33-38(32-41(34-43)57-36-56(4)47-23-13-14-24-48(47)57)54-59(39-17-7-5-8-18-39)49-25-15-16-26-50(49)60(54)40-19-9-6-10-20-40/h5-35H,1-4H3/i4D3. The van der Waals surface area contributed by atoms with Crippen LogP contribution in [0.25, 0.3) is 44.3 Å². The van der Waals surface area contributed by atoms with E-state index in [4.69, 9.17) is 13.8 Å². The minimum Gasteiger partial charge on any atom is -0.458 e. The van der Waals surface area contributed by atoms with Crippen LogP contribution in [0.5, 0.6) is 11.5 Å². The van der Waals surface area contributed by atoms with Crippen molar-refractivity contribution in [2.24, 2.45) is 6.98 Å². The van der Waals surface area contributed by atoms with Crippen LogP contribution in [0.2, 0.25) is 0 Å². The highest BCUT2D eigenvalue weighted by atomic mass is 16.5. The molecule has 0 N–H and O–H groups in total. The monoisotopic (exact) mass is 793 g/mol. The number of ether oxygens (including phenoxy) is 1. The van der Waals surface area contributed by atoms with Crippen LogP contribution in [0.15, 0.2) is 188 Å². The highest BCUT2D eigenvalue weighted by Crippen LogP contribution is 2.46. The number of aromatic nitrogens is 4. The Morgan fingerprint density at radius 3 is 1.93 bits per heavy atom. The third kappa shape index (κ3) is 6.22. The van der Waals surface area contributed by atoms with Crippen LogP contribution >= 0.6 is 0 Å². The van der Waals surface area contributed by atoms with Gasteiger partial charge in [-0.25, -0.2) is 4.98 Å². The van der Waals surface area contributed by atoms with Crippen molar-refractivity contribution in [2.75, 3.05) is 9.62 Å². The van der Waals surface area contributed by atoms with Crippen molar-refractivity contribution in [1.82, 2.24) is 14.1 Å². The molecule has 7 nitrogen and oxygen atoms in total. The highest BCUT2D eigenvalue weighted by molar-refractivity contribution is 6.84. The van der Waals surface area contributed by atoms with Gasteiger partial charge in [0.2, 0.25) is 6.33 Å². The van der Waals surface area contributed by atoms with Gasteiger partial charge < -0.3 is 23.5 Å². The van der Waals surface area contributed by atoms with E-state index in [1.165, 1.54) is 10.1 Å². The summed E-state index contributed by atoms with van der Waals surface area (Å²) in [5.41, 5.74) is 10.2. The van der Waals surface area contributed by atoms with E-state index in [9.17, 15) is 0 Å². The van der Waals surface area contributed by atoms with Gasteiger partial charge in [-0.1, -0.05) is 118 Å². The van der Waals surface area contributed by atoms with Crippen molar-refractivity contribution < 1.29 is 13.4 Å².